The van der Waals surface area contributed by atoms with E-state index in [0.29, 0.717) is 19.1 Å². The van der Waals surface area contributed by atoms with Gasteiger partial charge in [0.25, 0.3) is 0 Å². The van der Waals surface area contributed by atoms with E-state index in [-0.39, 0.29) is 17.9 Å². The normalized spacial score (nSPS) is 19.1. The number of hydrogen-bond donors (Lipinski definition) is 2. The van der Waals surface area contributed by atoms with E-state index in [0.717, 1.165) is 25.7 Å². The summed E-state index contributed by atoms with van der Waals surface area (Å²) < 4.78 is 4.91. The Morgan fingerprint density at radius 2 is 2.10 bits per heavy atom. The molecule has 0 aromatic carbocycles. The van der Waals surface area contributed by atoms with Crippen LogP contribution in [0.3, 0.4) is 0 Å². The molecular formula is C16H28N2O3. The molecule has 1 rings (SSSR count). The van der Waals surface area contributed by atoms with Gasteiger partial charge in [0.1, 0.15) is 0 Å². The van der Waals surface area contributed by atoms with Crippen molar-refractivity contribution in [3.8, 4) is 0 Å². The lowest BCUT2D eigenvalue weighted by molar-refractivity contribution is -0.125. The zero-order valence-electron chi connectivity index (χ0n) is 13.4. The van der Waals surface area contributed by atoms with Crippen molar-refractivity contribution in [2.45, 2.75) is 52.5 Å². The first kappa shape index (κ1) is 17.5. The first-order valence-corrected chi connectivity index (χ1v) is 7.88. The molecule has 1 aliphatic carbocycles. The molecule has 0 aliphatic heterocycles. The second kappa shape index (κ2) is 9.42. The minimum Gasteiger partial charge on any atom is -0.450 e. The molecule has 2 N–H and O–H groups in total. The number of alkyl carbamates (subject to hydrolysis) is 1. The number of amides is 2. The molecule has 0 radical (unpaired) electrons. The lowest BCUT2D eigenvalue weighted by Gasteiger charge is -2.23. The van der Waals surface area contributed by atoms with Crippen molar-refractivity contribution in [1.29, 1.82) is 0 Å². The van der Waals surface area contributed by atoms with Gasteiger partial charge < -0.3 is 15.4 Å². The van der Waals surface area contributed by atoms with Gasteiger partial charge in [-0.1, -0.05) is 26.0 Å². The molecule has 0 saturated heterocycles. The summed E-state index contributed by atoms with van der Waals surface area (Å²) in [5, 5.41) is 5.78. The van der Waals surface area contributed by atoms with Crippen LogP contribution in [0.15, 0.2) is 12.2 Å². The predicted molar refractivity (Wildman–Crippen MR) is 82.9 cm³/mol. The van der Waals surface area contributed by atoms with Crippen molar-refractivity contribution in [3.05, 3.63) is 12.2 Å². The van der Waals surface area contributed by atoms with Crippen LogP contribution in [0.4, 0.5) is 4.79 Å². The van der Waals surface area contributed by atoms with E-state index in [4.69, 9.17) is 4.74 Å². The number of rotatable bonds is 7. The molecule has 0 saturated carbocycles. The summed E-state index contributed by atoms with van der Waals surface area (Å²) in [6, 6.07) is -0.0906. The van der Waals surface area contributed by atoms with Gasteiger partial charge in [0.15, 0.2) is 0 Å². The zero-order chi connectivity index (χ0) is 15.7. The number of nitrogens with one attached hydrogen (secondary N) is 2. The average molecular weight is 296 g/mol. The Bertz CT molecular complexity index is 367. The van der Waals surface area contributed by atoms with Crippen LogP contribution in [0.2, 0.25) is 0 Å². The molecule has 1 aliphatic rings. The Labute approximate surface area is 127 Å². The van der Waals surface area contributed by atoms with E-state index in [1.165, 1.54) is 0 Å². The zero-order valence-corrected chi connectivity index (χ0v) is 13.4. The van der Waals surface area contributed by atoms with Gasteiger partial charge in [-0.05, 0) is 38.5 Å². The molecule has 2 amide bonds. The van der Waals surface area contributed by atoms with Crippen LogP contribution in [0, 0.1) is 11.8 Å². The minimum atomic E-state index is -0.419. The summed E-state index contributed by atoms with van der Waals surface area (Å²) >= 11 is 0. The van der Waals surface area contributed by atoms with Crippen LogP contribution in [0.25, 0.3) is 0 Å². The van der Waals surface area contributed by atoms with Gasteiger partial charge in [0, 0.05) is 18.5 Å². The maximum absolute atomic E-state index is 12.1. The molecule has 0 heterocycles. The van der Waals surface area contributed by atoms with E-state index in [9.17, 15) is 9.59 Å². The number of hydrogen-bond acceptors (Lipinski definition) is 3. The fourth-order valence-corrected chi connectivity index (χ4v) is 2.50. The summed E-state index contributed by atoms with van der Waals surface area (Å²) in [6.07, 6.45) is 7.26. The Balaban J connectivity index is 2.42. The Morgan fingerprint density at radius 1 is 1.33 bits per heavy atom. The second-order valence-electron chi connectivity index (χ2n) is 5.92. The van der Waals surface area contributed by atoms with Crippen LogP contribution in [0.1, 0.15) is 46.5 Å². The standard InChI is InChI=1S/C16H28N2O3/c1-4-21-16(20)18-14(10-12(2)3)11-17-15(19)13-8-6-5-7-9-13/h5-6,12-14H,4,7-11H2,1-3H3,(H,17,19)(H,18,20)/t13-,14+/m1/s1. The molecule has 0 unspecified atom stereocenters. The van der Waals surface area contributed by atoms with Gasteiger partial charge >= 0.3 is 6.09 Å². The molecule has 0 bridgehead atoms. The van der Waals surface area contributed by atoms with E-state index in [2.05, 4.69) is 36.6 Å². The maximum Gasteiger partial charge on any atom is 0.407 e. The molecule has 2 atom stereocenters. The summed E-state index contributed by atoms with van der Waals surface area (Å²) in [5.74, 6) is 0.586. The Morgan fingerprint density at radius 3 is 2.67 bits per heavy atom. The number of allylic oxidation sites excluding steroid dienone is 2. The summed E-state index contributed by atoms with van der Waals surface area (Å²) in [5.41, 5.74) is 0. The van der Waals surface area contributed by atoms with Gasteiger partial charge in [0.05, 0.1) is 6.61 Å². The number of ether oxygens (including phenoxy) is 1. The van der Waals surface area contributed by atoms with Gasteiger partial charge in [-0.15, -0.1) is 0 Å². The lowest BCUT2D eigenvalue weighted by atomic mass is 9.93. The monoisotopic (exact) mass is 296 g/mol. The van der Waals surface area contributed by atoms with Crippen LogP contribution >= 0.6 is 0 Å². The highest BCUT2D eigenvalue weighted by Crippen LogP contribution is 2.18. The highest BCUT2D eigenvalue weighted by molar-refractivity contribution is 5.79. The molecule has 0 fully saturated rings. The van der Waals surface area contributed by atoms with E-state index < -0.39 is 6.09 Å². The van der Waals surface area contributed by atoms with E-state index in [1.54, 1.807) is 6.92 Å². The van der Waals surface area contributed by atoms with Crippen molar-refractivity contribution >= 4 is 12.0 Å². The molecule has 5 heteroatoms. The highest BCUT2D eigenvalue weighted by Gasteiger charge is 2.21. The van der Waals surface area contributed by atoms with Crippen molar-refractivity contribution in [1.82, 2.24) is 10.6 Å². The molecule has 0 spiro atoms. The third-order valence-corrected chi connectivity index (χ3v) is 3.52. The Kier molecular flexibility index (Phi) is 7.87. The molecule has 21 heavy (non-hydrogen) atoms. The molecular weight excluding hydrogens is 268 g/mol. The van der Waals surface area contributed by atoms with E-state index >= 15 is 0 Å². The lowest BCUT2D eigenvalue weighted by Crippen LogP contribution is -2.45. The van der Waals surface area contributed by atoms with Crippen LogP contribution in [-0.4, -0.2) is 31.2 Å². The van der Waals surface area contributed by atoms with Crippen molar-refractivity contribution in [2.75, 3.05) is 13.2 Å². The van der Waals surface area contributed by atoms with Crippen LogP contribution in [-0.2, 0) is 9.53 Å². The largest absolute Gasteiger partial charge is 0.450 e. The Hall–Kier alpha value is -1.52. The number of carbonyl (C=O) groups excluding carboxylic acids is 2. The average Bonchev–Trinajstić information content (AvgIpc) is 2.45. The van der Waals surface area contributed by atoms with Crippen molar-refractivity contribution < 1.29 is 14.3 Å². The molecule has 120 valence electrons. The summed E-state index contributed by atoms with van der Waals surface area (Å²) in [7, 11) is 0. The first-order chi connectivity index (χ1) is 10.0. The molecule has 0 aromatic rings. The second-order valence-corrected chi connectivity index (χ2v) is 5.92. The smallest absolute Gasteiger partial charge is 0.407 e. The fourth-order valence-electron chi connectivity index (χ4n) is 2.50. The molecule has 0 aromatic heterocycles. The van der Waals surface area contributed by atoms with Crippen molar-refractivity contribution in [2.24, 2.45) is 11.8 Å². The van der Waals surface area contributed by atoms with Gasteiger partial charge in [-0.25, -0.2) is 4.79 Å². The van der Waals surface area contributed by atoms with Crippen LogP contribution in [0.5, 0.6) is 0 Å². The third kappa shape index (κ3) is 7.16. The SMILES string of the molecule is CCOC(=O)N[C@H](CNC(=O)[C@@H]1CC=CCC1)CC(C)C. The van der Waals surface area contributed by atoms with E-state index in [1.807, 2.05) is 0 Å². The topological polar surface area (TPSA) is 67.4 Å². The predicted octanol–water partition coefficient (Wildman–Crippen LogP) is 2.62. The quantitative estimate of drug-likeness (QED) is 0.710. The number of carbonyl (C=O) groups is 2. The van der Waals surface area contributed by atoms with Gasteiger partial charge in [-0.2, -0.15) is 0 Å². The maximum atomic E-state index is 12.1. The summed E-state index contributed by atoms with van der Waals surface area (Å²) in [6.45, 7) is 6.76. The van der Waals surface area contributed by atoms with Crippen LogP contribution < -0.4 is 10.6 Å². The summed E-state index contributed by atoms with van der Waals surface area (Å²) in [4.78, 5) is 23.6. The first-order valence-electron chi connectivity index (χ1n) is 7.88. The highest BCUT2D eigenvalue weighted by atomic mass is 16.5. The minimum absolute atomic E-state index is 0.0669. The van der Waals surface area contributed by atoms with Gasteiger partial charge in [0.2, 0.25) is 5.91 Å². The van der Waals surface area contributed by atoms with Crippen molar-refractivity contribution in [3.63, 3.8) is 0 Å². The van der Waals surface area contributed by atoms with Gasteiger partial charge in [-0.3, -0.25) is 4.79 Å². The third-order valence-electron chi connectivity index (χ3n) is 3.52. The molecule has 5 nitrogen and oxygen atoms in total. The fraction of sp³-hybridized carbons (Fsp3) is 0.750.